The van der Waals surface area contributed by atoms with Crippen LogP contribution in [0.1, 0.15) is 42.7 Å². The lowest BCUT2D eigenvalue weighted by atomic mass is 9.98. The average molecular weight is 248 g/mol. The summed E-state index contributed by atoms with van der Waals surface area (Å²) >= 11 is 0. The second-order valence-electron chi connectivity index (χ2n) is 5.30. The minimum absolute atomic E-state index is 0.272. The first-order chi connectivity index (χ1) is 8.49. The van der Waals surface area contributed by atoms with E-state index < -0.39 is 5.97 Å². The van der Waals surface area contributed by atoms with Gasteiger partial charge in [-0.3, -0.25) is 0 Å². The van der Waals surface area contributed by atoms with E-state index in [4.69, 9.17) is 5.11 Å². The molecular weight excluding hydrogens is 228 g/mol. The maximum absolute atomic E-state index is 10.9. The Labute approximate surface area is 107 Å². The number of carboxylic acid groups (broad SMARTS) is 1. The number of carbonyl (C=O) groups is 1. The number of anilines is 1. The summed E-state index contributed by atoms with van der Waals surface area (Å²) in [5.74, 6) is 1.23. The van der Waals surface area contributed by atoms with E-state index in [1.165, 1.54) is 6.42 Å². The third kappa shape index (κ3) is 2.47. The first-order valence-electron chi connectivity index (χ1n) is 6.46. The molecule has 0 bridgehead atoms. The normalized spacial score (nSPS) is 27.2. The number of aromatic nitrogens is 1. The van der Waals surface area contributed by atoms with Gasteiger partial charge in [-0.05, 0) is 43.7 Å². The van der Waals surface area contributed by atoms with Crippen LogP contribution in [0, 0.1) is 18.8 Å². The highest BCUT2D eigenvalue weighted by Gasteiger charge is 2.29. The van der Waals surface area contributed by atoms with Gasteiger partial charge < -0.3 is 10.4 Å². The van der Waals surface area contributed by atoms with Gasteiger partial charge in [-0.2, -0.15) is 0 Å². The van der Waals surface area contributed by atoms with Crippen LogP contribution in [-0.4, -0.2) is 22.1 Å². The molecule has 4 nitrogen and oxygen atoms in total. The first-order valence-corrected chi connectivity index (χ1v) is 6.46. The van der Waals surface area contributed by atoms with Crippen LogP contribution < -0.4 is 5.32 Å². The lowest BCUT2D eigenvalue weighted by Gasteiger charge is -2.20. The maximum atomic E-state index is 10.9. The molecule has 0 radical (unpaired) electrons. The Morgan fingerprint density at radius 2 is 2.11 bits per heavy atom. The molecule has 3 atom stereocenters. The molecule has 1 heterocycles. The van der Waals surface area contributed by atoms with Gasteiger partial charge in [0.1, 0.15) is 5.82 Å². The number of carboxylic acids is 1. The van der Waals surface area contributed by atoms with Crippen LogP contribution in [0.15, 0.2) is 12.1 Å². The van der Waals surface area contributed by atoms with Crippen molar-refractivity contribution in [3.05, 3.63) is 23.4 Å². The molecule has 0 saturated heterocycles. The predicted molar refractivity (Wildman–Crippen MR) is 70.9 cm³/mol. The Kier molecular flexibility index (Phi) is 3.55. The second kappa shape index (κ2) is 4.96. The number of pyridine rings is 1. The molecule has 1 fully saturated rings. The SMILES string of the molecule is Cc1nc(NC2CCC(C)C2C)ccc1C(=O)O. The van der Waals surface area contributed by atoms with Crippen LogP contribution >= 0.6 is 0 Å². The fraction of sp³-hybridized carbons (Fsp3) is 0.571. The van der Waals surface area contributed by atoms with Crippen molar-refractivity contribution in [1.82, 2.24) is 4.98 Å². The fourth-order valence-corrected chi connectivity index (χ4v) is 2.63. The molecule has 2 rings (SSSR count). The number of aryl methyl sites for hydroxylation is 1. The second-order valence-corrected chi connectivity index (χ2v) is 5.30. The van der Waals surface area contributed by atoms with Gasteiger partial charge in [-0.1, -0.05) is 13.8 Å². The molecule has 2 N–H and O–H groups in total. The Morgan fingerprint density at radius 3 is 2.61 bits per heavy atom. The number of aromatic carboxylic acids is 1. The highest BCUT2D eigenvalue weighted by molar-refractivity contribution is 5.89. The molecule has 0 spiro atoms. The lowest BCUT2D eigenvalue weighted by Crippen LogP contribution is -2.24. The Balaban J connectivity index is 2.11. The molecule has 3 unspecified atom stereocenters. The number of hydrogen-bond donors (Lipinski definition) is 2. The van der Waals surface area contributed by atoms with Crippen molar-refractivity contribution < 1.29 is 9.90 Å². The third-order valence-corrected chi connectivity index (χ3v) is 4.11. The van der Waals surface area contributed by atoms with Crippen LogP contribution in [0.2, 0.25) is 0 Å². The van der Waals surface area contributed by atoms with E-state index in [0.29, 0.717) is 17.7 Å². The van der Waals surface area contributed by atoms with Crippen molar-refractivity contribution >= 4 is 11.8 Å². The van der Waals surface area contributed by atoms with Crippen molar-refractivity contribution in [2.24, 2.45) is 11.8 Å². The Hall–Kier alpha value is -1.58. The van der Waals surface area contributed by atoms with Gasteiger partial charge in [0.05, 0.1) is 11.3 Å². The van der Waals surface area contributed by atoms with E-state index in [1.54, 1.807) is 19.1 Å². The summed E-state index contributed by atoms with van der Waals surface area (Å²) in [5.41, 5.74) is 0.833. The Morgan fingerprint density at radius 1 is 1.39 bits per heavy atom. The van der Waals surface area contributed by atoms with Crippen LogP contribution in [0.4, 0.5) is 5.82 Å². The van der Waals surface area contributed by atoms with Crippen LogP contribution in [0.3, 0.4) is 0 Å². The molecule has 0 aliphatic heterocycles. The summed E-state index contributed by atoms with van der Waals surface area (Å²) in [7, 11) is 0. The van der Waals surface area contributed by atoms with E-state index in [-0.39, 0.29) is 5.56 Å². The van der Waals surface area contributed by atoms with E-state index in [0.717, 1.165) is 18.2 Å². The highest BCUT2D eigenvalue weighted by Crippen LogP contribution is 2.33. The van der Waals surface area contributed by atoms with Gasteiger partial charge >= 0.3 is 5.97 Å². The predicted octanol–water partition coefficient (Wildman–Crippen LogP) is 2.93. The molecule has 1 aromatic heterocycles. The zero-order chi connectivity index (χ0) is 13.3. The number of nitrogens with zero attached hydrogens (tertiary/aromatic N) is 1. The fourth-order valence-electron chi connectivity index (χ4n) is 2.63. The molecular formula is C14H20N2O2. The van der Waals surface area contributed by atoms with Crippen molar-refractivity contribution in [3.8, 4) is 0 Å². The van der Waals surface area contributed by atoms with Gasteiger partial charge in [-0.15, -0.1) is 0 Å². The topological polar surface area (TPSA) is 62.2 Å². The molecule has 18 heavy (non-hydrogen) atoms. The largest absolute Gasteiger partial charge is 0.478 e. The summed E-state index contributed by atoms with van der Waals surface area (Å²) in [4.78, 5) is 15.2. The summed E-state index contributed by atoms with van der Waals surface area (Å²) in [6.45, 7) is 6.27. The van der Waals surface area contributed by atoms with Gasteiger partial charge in [-0.25, -0.2) is 9.78 Å². The first kappa shape index (κ1) is 12.9. The molecule has 1 aliphatic rings. The van der Waals surface area contributed by atoms with Crippen LogP contribution in [0.25, 0.3) is 0 Å². The van der Waals surface area contributed by atoms with Gasteiger partial charge in [0.2, 0.25) is 0 Å². The smallest absolute Gasteiger partial charge is 0.337 e. The number of nitrogens with one attached hydrogen (secondary N) is 1. The average Bonchev–Trinajstić information content (AvgIpc) is 2.61. The van der Waals surface area contributed by atoms with Crippen molar-refractivity contribution in [3.63, 3.8) is 0 Å². The van der Waals surface area contributed by atoms with Crippen molar-refractivity contribution in [2.45, 2.75) is 39.7 Å². The number of hydrogen-bond acceptors (Lipinski definition) is 3. The van der Waals surface area contributed by atoms with Gasteiger partial charge in [0, 0.05) is 6.04 Å². The van der Waals surface area contributed by atoms with E-state index in [9.17, 15) is 4.79 Å². The molecule has 0 aromatic carbocycles. The number of rotatable bonds is 3. The monoisotopic (exact) mass is 248 g/mol. The highest BCUT2D eigenvalue weighted by atomic mass is 16.4. The van der Waals surface area contributed by atoms with Crippen LogP contribution in [-0.2, 0) is 0 Å². The zero-order valence-electron chi connectivity index (χ0n) is 11.1. The quantitative estimate of drug-likeness (QED) is 0.863. The zero-order valence-corrected chi connectivity index (χ0v) is 11.1. The molecule has 0 amide bonds. The standard InChI is InChI=1S/C14H20N2O2/c1-8-4-6-12(9(8)2)16-13-7-5-11(14(17)18)10(3)15-13/h5,7-9,12H,4,6H2,1-3H3,(H,15,16)(H,17,18). The van der Waals surface area contributed by atoms with E-state index in [2.05, 4.69) is 24.1 Å². The maximum Gasteiger partial charge on any atom is 0.337 e. The van der Waals surface area contributed by atoms with E-state index in [1.807, 2.05) is 0 Å². The minimum Gasteiger partial charge on any atom is -0.478 e. The summed E-state index contributed by atoms with van der Waals surface area (Å²) in [6, 6.07) is 3.82. The van der Waals surface area contributed by atoms with Crippen molar-refractivity contribution in [1.29, 1.82) is 0 Å². The molecule has 1 aliphatic carbocycles. The van der Waals surface area contributed by atoms with Crippen LogP contribution in [0.5, 0.6) is 0 Å². The molecule has 98 valence electrons. The summed E-state index contributed by atoms with van der Waals surface area (Å²) in [6.07, 6.45) is 2.40. The minimum atomic E-state index is -0.922. The summed E-state index contributed by atoms with van der Waals surface area (Å²) < 4.78 is 0. The third-order valence-electron chi connectivity index (χ3n) is 4.11. The van der Waals surface area contributed by atoms with E-state index >= 15 is 0 Å². The lowest BCUT2D eigenvalue weighted by molar-refractivity contribution is 0.0695. The molecule has 1 aromatic rings. The van der Waals surface area contributed by atoms with Gasteiger partial charge in [0.15, 0.2) is 0 Å². The molecule has 1 saturated carbocycles. The summed E-state index contributed by atoms with van der Waals surface area (Å²) in [5, 5.41) is 12.4. The van der Waals surface area contributed by atoms with Gasteiger partial charge in [0.25, 0.3) is 0 Å². The molecule has 4 heteroatoms. The Bertz CT molecular complexity index is 459. The van der Waals surface area contributed by atoms with Crippen molar-refractivity contribution in [2.75, 3.05) is 5.32 Å².